The average molecular weight is 349 g/mol. The highest BCUT2D eigenvalue weighted by Crippen LogP contribution is 2.28. The van der Waals surface area contributed by atoms with Crippen LogP contribution in [0.2, 0.25) is 10.0 Å². The highest BCUT2D eigenvalue weighted by atomic mass is 35.5. The molecule has 0 heterocycles. The lowest BCUT2D eigenvalue weighted by Gasteiger charge is -2.20. The number of halogens is 3. The number of guanidine groups is 1. The largest absolute Gasteiger partial charge is 0.350 e. The van der Waals surface area contributed by atoms with Crippen LogP contribution in [0.5, 0.6) is 0 Å². The Balaban J connectivity index is 2.76. The maximum atomic E-state index is 13.6. The maximum absolute atomic E-state index is 13.6. The van der Waals surface area contributed by atoms with Crippen LogP contribution in [0.15, 0.2) is 17.1 Å². The number of nitrogens with zero attached hydrogens (tertiary/aromatic N) is 2. The average Bonchev–Trinajstić information content (AvgIpc) is 2.46. The molecule has 8 heteroatoms. The van der Waals surface area contributed by atoms with Gasteiger partial charge in [0.05, 0.1) is 17.6 Å². The van der Waals surface area contributed by atoms with E-state index in [-0.39, 0.29) is 23.5 Å². The van der Waals surface area contributed by atoms with Gasteiger partial charge in [0.2, 0.25) is 5.91 Å². The van der Waals surface area contributed by atoms with Gasteiger partial charge in [0.1, 0.15) is 5.82 Å². The van der Waals surface area contributed by atoms with Crippen molar-refractivity contribution in [1.82, 2.24) is 15.5 Å². The molecule has 1 amide bonds. The SMILES string of the molecule is CN=C(NCC(=O)N(C)C)NC(C)c1cc(F)c(Cl)cc1Cl. The van der Waals surface area contributed by atoms with E-state index in [1.165, 1.54) is 17.0 Å². The summed E-state index contributed by atoms with van der Waals surface area (Å²) in [5.41, 5.74) is 0.547. The van der Waals surface area contributed by atoms with Gasteiger partial charge in [-0.1, -0.05) is 23.2 Å². The highest BCUT2D eigenvalue weighted by molar-refractivity contribution is 6.35. The minimum atomic E-state index is -0.541. The summed E-state index contributed by atoms with van der Waals surface area (Å²) in [6.45, 7) is 1.90. The first-order valence-electron chi connectivity index (χ1n) is 6.58. The number of likely N-dealkylation sites (N-methyl/N-ethyl adjacent to an activating group) is 1. The third-order valence-electron chi connectivity index (χ3n) is 2.99. The Morgan fingerprint density at radius 3 is 2.55 bits per heavy atom. The number of nitrogens with one attached hydrogen (secondary N) is 2. The summed E-state index contributed by atoms with van der Waals surface area (Å²) >= 11 is 11.8. The molecule has 0 spiro atoms. The molecule has 1 aromatic rings. The van der Waals surface area contributed by atoms with Crippen molar-refractivity contribution in [3.8, 4) is 0 Å². The van der Waals surface area contributed by atoms with Gasteiger partial charge in [-0.15, -0.1) is 0 Å². The molecule has 2 N–H and O–H groups in total. The molecule has 122 valence electrons. The minimum absolute atomic E-state index is 0.0277. The zero-order valence-electron chi connectivity index (χ0n) is 12.9. The fraction of sp³-hybridized carbons (Fsp3) is 0.429. The summed E-state index contributed by atoms with van der Waals surface area (Å²) in [6.07, 6.45) is 0. The predicted octanol–water partition coefficient (Wildman–Crippen LogP) is 2.45. The van der Waals surface area contributed by atoms with Crippen molar-refractivity contribution in [2.75, 3.05) is 27.7 Å². The summed E-state index contributed by atoms with van der Waals surface area (Å²) in [6, 6.07) is 2.32. The van der Waals surface area contributed by atoms with Gasteiger partial charge in [-0.05, 0) is 24.6 Å². The zero-order chi connectivity index (χ0) is 16.9. The van der Waals surface area contributed by atoms with E-state index in [1.54, 1.807) is 28.1 Å². The maximum Gasteiger partial charge on any atom is 0.241 e. The summed E-state index contributed by atoms with van der Waals surface area (Å²) in [5, 5.41) is 6.25. The monoisotopic (exact) mass is 348 g/mol. The van der Waals surface area contributed by atoms with E-state index in [1.807, 2.05) is 0 Å². The van der Waals surface area contributed by atoms with Crippen LogP contribution >= 0.6 is 23.2 Å². The van der Waals surface area contributed by atoms with Gasteiger partial charge < -0.3 is 15.5 Å². The minimum Gasteiger partial charge on any atom is -0.350 e. The van der Waals surface area contributed by atoms with E-state index < -0.39 is 5.82 Å². The highest BCUT2D eigenvalue weighted by Gasteiger charge is 2.15. The molecule has 0 aliphatic carbocycles. The summed E-state index contributed by atoms with van der Waals surface area (Å²) in [5.74, 6) is -0.222. The number of rotatable bonds is 4. The molecular formula is C14H19Cl2FN4O. The number of benzene rings is 1. The van der Waals surface area contributed by atoms with Crippen molar-refractivity contribution in [1.29, 1.82) is 0 Å². The molecule has 0 fully saturated rings. The molecule has 1 atom stereocenters. The van der Waals surface area contributed by atoms with E-state index in [0.29, 0.717) is 16.5 Å². The molecule has 0 aromatic heterocycles. The number of aliphatic imine (C=N–C) groups is 1. The van der Waals surface area contributed by atoms with E-state index in [0.717, 1.165) is 0 Å². The first-order chi connectivity index (χ1) is 10.3. The van der Waals surface area contributed by atoms with Crippen molar-refractivity contribution in [2.45, 2.75) is 13.0 Å². The Morgan fingerprint density at radius 1 is 1.36 bits per heavy atom. The number of amides is 1. The second-order valence-electron chi connectivity index (χ2n) is 4.87. The van der Waals surface area contributed by atoms with E-state index in [2.05, 4.69) is 15.6 Å². The molecule has 22 heavy (non-hydrogen) atoms. The Bertz CT molecular complexity index is 578. The van der Waals surface area contributed by atoms with Crippen molar-refractivity contribution in [3.63, 3.8) is 0 Å². The molecule has 1 aromatic carbocycles. The third kappa shape index (κ3) is 5.03. The van der Waals surface area contributed by atoms with Gasteiger partial charge in [-0.2, -0.15) is 0 Å². The first-order valence-corrected chi connectivity index (χ1v) is 7.33. The molecule has 0 saturated carbocycles. The Hall–Kier alpha value is -1.53. The van der Waals surface area contributed by atoms with Crippen LogP contribution in [0.1, 0.15) is 18.5 Å². The van der Waals surface area contributed by atoms with Gasteiger partial charge in [-0.25, -0.2) is 4.39 Å². The lowest BCUT2D eigenvalue weighted by atomic mass is 10.1. The van der Waals surface area contributed by atoms with Crippen LogP contribution in [-0.4, -0.2) is 44.5 Å². The molecule has 0 aliphatic rings. The lowest BCUT2D eigenvalue weighted by molar-refractivity contribution is -0.127. The Kier molecular flexibility index (Phi) is 6.90. The van der Waals surface area contributed by atoms with Crippen LogP contribution in [0.25, 0.3) is 0 Å². The van der Waals surface area contributed by atoms with Crippen LogP contribution in [0.3, 0.4) is 0 Å². The Morgan fingerprint density at radius 2 is 2.00 bits per heavy atom. The molecule has 0 aliphatic heterocycles. The van der Waals surface area contributed by atoms with Crippen molar-refractivity contribution in [3.05, 3.63) is 33.6 Å². The smallest absolute Gasteiger partial charge is 0.241 e. The van der Waals surface area contributed by atoms with E-state index in [4.69, 9.17) is 23.2 Å². The normalized spacial score (nSPS) is 12.8. The second-order valence-corrected chi connectivity index (χ2v) is 5.68. The topological polar surface area (TPSA) is 56.7 Å². The third-order valence-corrected chi connectivity index (χ3v) is 3.61. The van der Waals surface area contributed by atoms with Crippen LogP contribution in [0, 0.1) is 5.82 Å². The van der Waals surface area contributed by atoms with E-state index >= 15 is 0 Å². The lowest BCUT2D eigenvalue weighted by Crippen LogP contribution is -2.43. The number of hydrogen-bond acceptors (Lipinski definition) is 2. The van der Waals surface area contributed by atoms with E-state index in [9.17, 15) is 9.18 Å². The van der Waals surface area contributed by atoms with Gasteiger partial charge in [0, 0.05) is 26.2 Å². The fourth-order valence-electron chi connectivity index (χ4n) is 1.66. The van der Waals surface area contributed by atoms with Gasteiger partial charge >= 0.3 is 0 Å². The van der Waals surface area contributed by atoms with Crippen LogP contribution in [-0.2, 0) is 4.79 Å². The molecular weight excluding hydrogens is 330 g/mol. The standard InChI is InChI=1S/C14H19Cl2FN4O/c1-8(9-5-12(17)11(16)6-10(9)15)20-14(18-2)19-7-13(22)21(3)4/h5-6,8H,7H2,1-4H3,(H2,18,19,20). The molecule has 5 nitrogen and oxygen atoms in total. The quantitative estimate of drug-likeness (QED) is 0.499. The van der Waals surface area contributed by atoms with Gasteiger partial charge in [0.15, 0.2) is 5.96 Å². The van der Waals surface area contributed by atoms with Gasteiger partial charge in [0.25, 0.3) is 0 Å². The molecule has 1 rings (SSSR count). The summed E-state index contributed by atoms with van der Waals surface area (Å²) < 4.78 is 13.6. The van der Waals surface area contributed by atoms with Crippen LogP contribution < -0.4 is 10.6 Å². The number of carbonyl (C=O) groups is 1. The Labute approximate surface area is 139 Å². The van der Waals surface area contributed by atoms with Crippen molar-refractivity contribution >= 4 is 35.1 Å². The molecule has 0 saturated heterocycles. The fourth-order valence-corrected chi connectivity index (χ4v) is 2.21. The molecule has 0 radical (unpaired) electrons. The van der Waals surface area contributed by atoms with Gasteiger partial charge in [-0.3, -0.25) is 9.79 Å². The molecule has 0 bridgehead atoms. The van der Waals surface area contributed by atoms with Crippen molar-refractivity contribution < 1.29 is 9.18 Å². The number of hydrogen-bond donors (Lipinski definition) is 2. The zero-order valence-corrected chi connectivity index (χ0v) is 14.4. The molecule has 1 unspecified atom stereocenters. The second kappa shape index (κ2) is 8.19. The summed E-state index contributed by atoms with van der Waals surface area (Å²) in [4.78, 5) is 17.0. The predicted molar refractivity (Wildman–Crippen MR) is 88.0 cm³/mol. The van der Waals surface area contributed by atoms with Crippen molar-refractivity contribution in [2.24, 2.45) is 4.99 Å². The first kappa shape index (κ1) is 18.5. The number of carbonyl (C=O) groups excluding carboxylic acids is 1. The summed E-state index contributed by atoms with van der Waals surface area (Å²) in [7, 11) is 4.91. The van der Waals surface area contributed by atoms with Crippen LogP contribution in [0.4, 0.5) is 4.39 Å².